The molecule has 1 heterocycles. The third kappa shape index (κ3) is 2.70. The van der Waals surface area contributed by atoms with E-state index in [-0.39, 0.29) is 0 Å². The number of nitrogens with zero attached hydrogens (tertiary/aromatic N) is 2. The Kier molecular flexibility index (Phi) is 3.77. The first-order valence-electron chi connectivity index (χ1n) is 7.27. The molecular weight excluding hydrogens is 262 g/mol. The zero-order valence-electron chi connectivity index (χ0n) is 12.1. The first kappa shape index (κ1) is 13.5. The number of aromatic nitrogens is 1. The van der Waals surface area contributed by atoms with Gasteiger partial charge in [-0.25, -0.2) is 0 Å². The fourth-order valence-electron chi connectivity index (χ4n) is 2.33. The van der Waals surface area contributed by atoms with E-state index >= 15 is 0 Å². The SMILES string of the molecule is CCCCN(c1ccccc1)c1nc2c(N)cccc2o1. The minimum Gasteiger partial charge on any atom is -0.423 e. The number of anilines is 3. The number of hydrogen-bond acceptors (Lipinski definition) is 4. The number of para-hydroxylation sites is 2. The molecule has 3 rings (SSSR count). The van der Waals surface area contributed by atoms with E-state index in [1.54, 1.807) is 0 Å². The Bertz CT molecular complexity index is 721. The van der Waals surface area contributed by atoms with Crippen molar-refractivity contribution in [2.45, 2.75) is 19.8 Å². The summed E-state index contributed by atoms with van der Waals surface area (Å²) in [5.41, 5.74) is 9.14. The fraction of sp³-hybridized carbons (Fsp3) is 0.235. The van der Waals surface area contributed by atoms with Gasteiger partial charge in [-0.1, -0.05) is 37.6 Å². The van der Waals surface area contributed by atoms with Crippen molar-refractivity contribution in [2.75, 3.05) is 17.2 Å². The van der Waals surface area contributed by atoms with Gasteiger partial charge in [-0.05, 0) is 30.7 Å². The van der Waals surface area contributed by atoms with Gasteiger partial charge < -0.3 is 10.2 Å². The van der Waals surface area contributed by atoms with Crippen LogP contribution < -0.4 is 10.6 Å². The second-order valence-electron chi connectivity index (χ2n) is 5.03. The van der Waals surface area contributed by atoms with Gasteiger partial charge in [0.2, 0.25) is 0 Å². The van der Waals surface area contributed by atoms with Crippen LogP contribution in [0.4, 0.5) is 17.4 Å². The van der Waals surface area contributed by atoms with Gasteiger partial charge in [0.15, 0.2) is 5.58 Å². The van der Waals surface area contributed by atoms with Gasteiger partial charge in [-0.3, -0.25) is 4.90 Å². The first-order chi connectivity index (χ1) is 10.3. The van der Waals surface area contributed by atoms with Crippen molar-refractivity contribution in [1.29, 1.82) is 0 Å². The van der Waals surface area contributed by atoms with Crippen LogP contribution in [0.15, 0.2) is 52.9 Å². The number of fused-ring (bicyclic) bond motifs is 1. The molecule has 0 aliphatic heterocycles. The van der Waals surface area contributed by atoms with E-state index in [9.17, 15) is 0 Å². The van der Waals surface area contributed by atoms with Crippen molar-refractivity contribution in [3.8, 4) is 0 Å². The number of nitrogens with two attached hydrogens (primary N) is 1. The van der Waals surface area contributed by atoms with Crippen molar-refractivity contribution in [1.82, 2.24) is 4.98 Å². The zero-order chi connectivity index (χ0) is 14.7. The Labute approximate surface area is 124 Å². The Morgan fingerprint density at radius 1 is 1.10 bits per heavy atom. The molecular formula is C17H19N3O. The molecule has 0 aliphatic carbocycles. The van der Waals surface area contributed by atoms with Crippen LogP contribution in [0.3, 0.4) is 0 Å². The largest absolute Gasteiger partial charge is 0.423 e. The number of unbranched alkanes of at least 4 members (excludes halogenated alkanes) is 1. The molecule has 0 fully saturated rings. The highest BCUT2D eigenvalue weighted by Crippen LogP contribution is 2.30. The van der Waals surface area contributed by atoms with Crippen molar-refractivity contribution in [3.05, 3.63) is 48.5 Å². The maximum atomic E-state index is 5.97. The van der Waals surface area contributed by atoms with Gasteiger partial charge in [0, 0.05) is 12.2 Å². The van der Waals surface area contributed by atoms with E-state index in [1.165, 1.54) is 0 Å². The number of benzene rings is 2. The van der Waals surface area contributed by atoms with E-state index in [1.807, 2.05) is 36.4 Å². The summed E-state index contributed by atoms with van der Waals surface area (Å²) in [5, 5.41) is 0. The van der Waals surface area contributed by atoms with Crippen molar-refractivity contribution < 1.29 is 4.42 Å². The summed E-state index contributed by atoms with van der Waals surface area (Å²) in [6.45, 7) is 3.04. The minimum absolute atomic E-state index is 0.600. The molecule has 0 saturated heterocycles. The van der Waals surface area contributed by atoms with Crippen molar-refractivity contribution in [2.24, 2.45) is 0 Å². The highest BCUT2D eigenvalue weighted by Gasteiger charge is 2.16. The smallest absolute Gasteiger partial charge is 0.303 e. The predicted octanol–water partition coefficient (Wildman–Crippen LogP) is 4.35. The molecule has 4 nitrogen and oxygen atoms in total. The van der Waals surface area contributed by atoms with E-state index in [0.29, 0.717) is 11.7 Å². The molecule has 108 valence electrons. The Balaban J connectivity index is 2.03. The van der Waals surface area contributed by atoms with Crippen LogP contribution in [-0.4, -0.2) is 11.5 Å². The van der Waals surface area contributed by atoms with Gasteiger partial charge in [0.1, 0.15) is 5.52 Å². The lowest BCUT2D eigenvalue weighted by atomic mass is 10.2. The molecule has 2 aromatic carbocycles. The molecule has 0 amide bonds. The van der Waals surface area contributed by atoms with Crippen LogP contribution >= 0.6 is 0 Å². The Hall–Kier alpha value is -2.49. The Morgan fingerprint density at radius 3 is 2.62 bits per heavy atom. The summed E-state index contributed by atoms with van der Waals surface area (Å²) in [6, 6.07) is 16.4. The average molecular weight is 281 g/mol. The third-order valence-corrected chi connectivity index (χ3v) is 3.47. The quantitative estimate of drug-likeness (QED) is 0.706. The number of hydrogen-bond donors (Lipinski definition) is 1. The third-order valence-electron chi connectivity index (χ3n) is 3.47. The molecule has 3 aromatic rings. The summed E-state index contributed by atoms with van der Waals surface area (Å²) in [5.74, 6) is 0. The average Bonchev–Trinajstić information content (AvgIpc) is 2.94. The lowest BCUT2D eigenvalue weighted by molar-refractivity contribution is 0.586. The van der Waals surface area contributed by atoms with Crippen LogP contribution in [0, 0.1) is 0 Å². The summed E-state index contributed by atoms with van der Waals surface area (Å²) in [6.07, 6.45) is 2.19. The molecule has 0 bridgehead atoms. The molecule has 1 aromatic heterocycles. The second-order valence-corrected chi connectivity index (χ2v) is 5.03. The maximum Gasteiger partial charge on any atom is 0.303 e. The molecule has 21 heavy (non-hydrogen) atoms. The van der Waals surface area contributed by atoms with Gasteiger partial charge in [0.05, 0.1) is 5.69 Å². The first-order valence-corrected chi connectivity index (χ1v) is 7.27. The van der Waals surface area contributed by atoms with Gasteiger partial charge >= 0.3 is 6.01 Å². The molecule has 0 radical (unpaired) electrons. The van der Waals surface area contributed by atoms with E-state index in [0.717, 1.165) is 36.2 Å². The van der Waals surface area contributed by atoms with Crippen LogP contribution in [0.5, 0.6) is 0 Å². The number of rotatable bonds is 5. The molecule has 0 saturated carbocycles. The van der Waals surface area contributed by atoms with Crippen LogP contribution in [0.25, 0.3) is 11.1 Å². The summed E-state index contributed by atoms with van der Waals surface area (Å²) in [4.78, 5) is 6.68. The van der Waals surface area contributed by atoms with Gasteiger partial charge in [0.25, 0.3) is 0 Å². The standard InChI is InChI=1S/C17H19N3O/c1-2-3-12-20(13-8-5-4-6-9-13)17-19-16-14(18)10-7-11-15(16)21-17/h4-11H,2-3,12,18H2,1H3. The lowest BCUT2D eigenvalue weighted by Crippen LogP contribution is -2.18. The second kappa shape index (κ2) is 5.87. The Morgan fingerprint density at radius 2 is 1.90 bits per heavy atom. The predicted molar refractivity (Wildman–Crippen MR) is 86.8 cm³/mol. The molecule has 2 N–H and O–H groups in total. The number of nitrogen functional groups attached to an aromatic ring is 1. The molecule has 0 atom stereocenters. The highest BCUT2D eigenvalue weighted by atomic mass is 16.4. The van der Waals surface area contributed by atoms with E-state index < -0.39 is 0 Å². The van der Waals surface area contributed by atoms with Gasteiger partial charge in [-0.2, -0.15) is 4.98 Å². The van der Waals surface area contributed by atoms with Crippen molar-refractivity contribution >= 4 is 28.5 Å². The summed E-state index contributed by atoms with van der Waals surface area (Å²) in [7, 11) is 0. The monoisotopic (exact) mass is 281 g/mol. The van der Waals surface area contributed by atoms with Crippen LogP contribution in [-0.2, 0) is 0 Å². The van der Waals surface area contributed by atoms with Crippen LogP contribution in [0.2, 0.25) is 0 Å². The topological polar surface area (TPSA) is 55.3 Å². The number of oxazole rings is 1. The normalized spacial score (nSPS) is 10.9. The summed E-state index contributed by atoms with van der Waals surface area (Å²) < 4.78 is 5.90. The minimum atomic E-state index is 0.600. The molecule has 0 unspecified atom stereocenters. The molecule has 0 spiro atoms. The zero-order valence-corrected chi connectivity index (χ0v) is 12.1. The van der Waals surface area contributed by atoms with E-state index in [4.69, 9.17) is 10.2 Å². The van der Waals surface area contributed by atoms with Gasteiger partial charge in [-0.15, -0.1) is 0 Å². The summed E-state index contributed by atoms with van der Waals surface area (Å²) >= 11 is 0. The fourth-order valence-corrected chi connectivity index (χ4v) is 2.33. The highest BCUT2D eigenvalue weighted by molar-refractivity contribution is 5.86. The maximum absolute atomic E-state index is 5.97. The van der Waals surface area contributed by atoms with Crippen molar-refractivity contribution in [3.63, 3.8) is 0 Å². The van der Waals surface area contributed by atoms with Crippen LogP contribution in [0.1, 0.15) is 19.8 Å². The molecule has 0 aliphatic rings. The lowest BCUT2D eigenvalue weighted by Gasteiger charge is -2.20. The van der Waals surface area contributed by atoms with E-state index in [2.05, 4.69) is 28.9 Å². The molecule has 4 heteroatoms.